The lowest BCUT2D eigenvalue weighted by Crippen LogP contribution is -2.47. The third-order valence-corrected chi connectivity index (χ3v) is 6.78. The number of esters is 1. The molecule has 1 aliphatic rings. The molecule has 0 saturated carbocycles. The Morgan fingerprint density at radius 1 is 1.17 bits per heavy atom. The van der Waals surface area contributed by atoms with Gasteiger partial charge < -0.3 is 15.4 Å². The van der Waals surface area contributed by atoms with Crippen molar-refractivity contribution in [2.45, 2.75) is 58.3 Å². The largest absolute Gasteiger partial charge is 0.423 e. The Morgan fingerprint density at radius 2 is 1.97 bits per heavy atom. The Kier molecular flexibility index (Phi) is 7.54. The highest BCUT2D eigenvalue weighted by Gasteiger charge is 2.38. The number of hydrogen-bond acceptors (Lipinski definition) is 4. The summed E-state index contributed by atoms with van der Waals surface area (Å²) in [5.74, 6) is 0.703. The number of carbonyl (C=O) groups is 1. The Labute approximate surface area is 181 Å². The zero-order chi connectivity index (χ0) is 21.6. The van der Waals surface area contributed by atoms with E-state index < -0.39 is 5.97 Å². The van der Waals surface area contributed by atoms with Gasteiger partial charge in [-0.3, -0.25) is 0 Å². The lowest BCUT2D eigenvalue weighted by molar-refractivity contribution is 0.0734. The molecular formula is C26H36N2O2. The standard InChI is InChI=1S/C26H36N2O2/c1-4-5-6-9-16-28-17-15-26(3,20(2)19-28)21-11-10-12-22(18-21)30-25(29)23-13-7-8-14-24(23)27/h7-8,10-14,18,20H,4-6,9,15-17,19,27H2,1-3H3/t20-,26-/m0/s1. The first kappa shape index (κ1) is 22.4. The van der Waals surface area contributed by atoms with Gasteiger partial charge in [0.25, 0.3) is 0 Å². The molecular weight excluding hydrogens is 372 g/mol. The van der Waals surface area contributed by atoms with E-state index in [2.05, 4.69) is 31.7 Å². The van der Waals surface area contributed by atoms with Gasteiger partial charge in [0.05, 0.1) is 5.56 Å². The van der Waals surface area contributed by atoms with Gasteiger partial charge in [-0.1, -0.05) is 64.3 Å². The number of piperidine rings is 1. The maximum absolute atomic E-state index is 12.5. The van der Waals surface area contributed by atoms with Crippen LogP contribution in [0.3, 0.4) is 0 Å². The van der Waals surface area contributed by atoms with Crippen molar-refractivity contribution in [2.75, 3.05) is 25.4 Å². The van der Waals surface area contributed by atoms with Crippen LogP contribution in [0.15, 0.2) is 48.5 Å². The molecule has 2 aromatic rings. The van der Waals surface area contributed by atoms with Gasteiger partial charge in [0, 0.05) is 12.2 Å². The van der Waals surface area contributed by atoms with Crippen molar-refractivity contribution in [3.05, 3.63) is 59.7 Å². The quantitative estimate of drug-likeness (QED) is 0.265. The lowest BCUT2D eigenvalue weighted by Gasteiger charge is -2.45. The molecule has 4 heteroatoms. The second-order valence-electron chi connectivity index (χ2n) is 8.93. The van der Waals surface area contributed by atoms with Crippen molar-refractivity contribution in [3.63, 3.8) is 0 Å². The van der Waals surface area contributed by atoms with Crippen LogP contribution in [0.4, 0.5) is 5.69 Å². The topological polar surface area (TPSA) is 55.6 Å². The number of likely N-dealkylation sites (tertiary alicyclic amines) is 1. The van der Waals surface area contributed by atoms with Crippen LogP contribution in [0.25, 0.3) is 0 Å². The maximum atomic E-state index is 12.5. The van der Waals surface area contributed by atoms with Crippen LogP contribution in [0.2, 0.25) is 0 Å². The van der Waals surface area contributed by atoms with Crippen LogP contribution in [0, 0.1) is 5.92 Å². The highest BCUT2D eigenvalue weighted by Crippen LogP contribution is 2.40. The predicted octanol–water partition coefficient (Wildman–Crippen LogP) is 5.67. The molecule has 0 amide bonds. The van der Waals surface area contributed by atoms with Crippen LogP contribution >= 0.6 is 0 Å². The molecule has 3 rings (SSSR count). The second-order valence-corrected chi connectivity index (χ2v) is 8.93. The van der Waals surface area contributed by atoms with Gasteiger partial charge in [-0.15, -0.1) is 0 Å². The minimum atomic E-state index is -0.412. The highest BCUT2D eigenvalue weighted by atomic mass is 16.5. The minimum Gasteiger partial charge on any atom is -0.423 e. The van der Waals surface area contributed by atoms with Gasteiger partial charge in [0.1, 0.15) is 5.75 Å². The molecule has 30 heavy (non-hydrogen) atoms. The Balaban J connectivity index is 1.66. The third kappa shape index (κ3) is 5.23. The number of ether oxygens (including phenoxy) is 1. The minimum absolute atomic E-state index is 0.0775. The normalized spacial score (nSPS) is 22.0. The first-order valence-corrected chi connectivity index (χ1v) is 11.3. The molecule has 0 spiro atoms. The Hall–Kier alpha value is -2.33. The van der Waals surface area contributed by atoms with Crippen LogP contribution in [0.1, 0.15) is 68.8 Å². The van der Waals surface area contributed by atoms with Gasteiger partial charge in [-0.2, -0.15) is 0 Å². The third-order valence-electron chi connectivity index (χ3n) is 6.78. The van der Waals surface area contributed by atoms with E-state index >= 15 is 0 Å². The maximum Gasteiger partial charge on any atom is 0.345 e. The number of nitrogens with two attached hydrogens (primary N) is 1. The number of anilines is 1. The van der Waals surface area contributed by atoms with Crippen molar-refractivity contribution < 1.29 is 9.53 Å². The molecule has 1 aliphatic heterocycles. The average molecular weight is 409 g/mol. The fourth-order valence-corrected chi connectivity index (χ4v) is 4.47. The summed E-state index contributed by atoms with van der Waals surface area (Å²) in [6.07, 6.45) is 6.36. The van der Waals surface area contributed by atoms with Crippen LogP contribution in [-0.2, 0) is 5.41 Å². The van der Waals surface area contributed by atoms with E-state index in [1.807, 2.05) is 24.3 Å². The molecule has 1 heterocycles. The van der Waals surface area contributed by atoms with Crippen molar-refractivity contribution in [3.8, 4) is 5.75 Å². The molecule has 0 aromatic heterocycles. The first-order chi connectivity index (χ1) is 14.4. The van der Waals surface area contributed by atoms with Crippen LogP contribution in [-0.4, -0.2) is 30.5 Å². The highest BCUT2D eigenvalue weighted by molar-refractivity contribution is 5.96. The number of rotatable bonds is 8. The predicted molar refractivity (Wildman–Crippen MR) is 124 cm³/mol. The average Bonchev–Trinajstić information content (AvgIpc) is 2.74. The van der Waals surface area contributed by atoms with Gasteiger partial charge in [-0.25, -0.2) is 4.79 Å². The molecule has 2 aromatic carbocycles. The number of para-hydroxylation sites is 1. The summed E-state index contributed by atoms with van der Waals surface area (Å²) in [6.45, 7) is 10.4. The second kappa shape index (κ2) is 10.1. The molecule has 2 atom stereocenters. The summed E-state index contributed by atoms with van der Waals surface area (Å²) in [5.41, 5.74) is 8.08. The van der Waals surface area contributed by atoms with Gasteiger partial charge >= 0.3 is 5.97 Å². The molecule has 162 valence electrons. The van der Waals surface area contributed by atoms with Crippen molar-refractivity contribution in [1.82, 2.24) is 4.90 Å². The van der Waals surface area contributed by atoms with E-state index in [9.17, 15) is 4.79 Å². The van der Waals surface area contributed by atoms with Crippen LogP contribution < -0.4 is 10.5 Å². The number of nitrogens with zero attached hydrogens (tertiary/aromatic N) is 1. The number of unbranched alkanes of at least 4 members (excludes halogenated alkanes) is 3. The summed E-state index contributed by atoms with van der Waals surface area (Å²) in [6, 6.07) is 15.0. The molecule has 0 radical (unpaired) electrons. The van der Waals surface area contributed by atoms with Gasteiger partial charge in [0.15, 0.2) is 0 Å². The molecule has 1 saturated heterocycles. The molecule has 0 aliphatic carbocycles. The number of hydrogen-bond donors (Lipinski definition) is 1. The zero-order valence-electron chi connectivity index (χ0n) is 18.7. The van der Waals surface area contributed by atoms with Crippen molar-refractivity contribution >= 4 is 11.7 Å². The molecule has 1 fully saturated rings. The number of carbonyl (C=O) groups excluding carboxylic acids is 1. The summed E-state index contributed by atoms with van der Waals surface area (Å²) in [5, 5.41) is 0. The SMILES string of the molecule is CCCCCCN1CC[C@](C)(c2cccc(OC(=O)c3ccccc3N)c2)[C@@H](C)C1. The Morgan fingerprint density at radius 3 is 2.70 bits per heavy atom. The molecule has 2 N–H and O–H groups in total. The van der Waals surface area contributed by atoms with E-state index in [1.165, 1.54) is 37.8 Å². The summed E-state index contributed by atoms with van der Waals surface area (Å²) >= 11 is 0. The fourth-order valence-electron chi connectivity index (χ4n) is 4.47. The van der Waals surface area contributed by atoms with E-state index in [0.717, 1.165) is 19.5 Å². The Bertz CT molecular complexity index is 850. The zero-order valence-corrected chi connectivity index (χ0v) is 18.7. The monoisotopic (exact) mass is 408 g/mol. The van der Waals surface area contributed by atoms with Gasteiger partial charge in [0.2, 0.25) is 0 Å². The van der Waals surface area contributed by atoms with Crippen LogP contribution in [0.5, 0.6) is 5.75 Å². The fraction of sp³-hybridized carbons (Fsp3) is 0.500. The summed E-state index contributed by atoms with van der Waals surface area (Å²) in [7, 11) is 0. The first-order valence-electron chi connectivity index (χ1n) is 11.3. The summed E-state index contributed by atoms with van der Waals surface area (Å²) < 4.78 is 5.66. The summed E-state index contributed by atoms with van der Waals surface area (Å²) in [4.78, 5) is 15.2. The van der Waals surface area contributed by atoms with Crippen molar-refractivity contribution in [2.24, 2.45) is 5.92 Å². The van der Waals surface area contributed by atoms with E-state index in [4.69, 9.17) is 10.5 Å². The van der Waals surface area contributed by atoms with E-state index in [1.54, 1.807) is 18.2 Å². The molecule has 0 bridgehead atoms. The van der Waals surface area contributed by atoms with Crippen molar-refractivity contribution in [1.29, 1.82) is 0 Å². The van der Waals surface area contributed by atoms with E-state index in [0.29, 0.717) is 22.9 Å². The number of benzene rings is 2. The molecule has 4 nitrogen and oxygen atoms in total. The lowest BCUT2D eigenvalue weighted by atomic mass is 9.68. The van der Waals surface area contributed by atoms with E-state index in [-0.39, 0.29) is 5.41 Å². The number of nitrogen functional groups attached to an aromatic ring is 1. The molecule has 0 unspecified atom stereocenters. The van der Waals surface area contributed by atoms with Gasteiger partial charge in [-0.05, 0) is 67.1 Å². The smallest absolute Gasteiger partial charge is 0.345 e.